The molecular formula is C75H146O17P2. The van der Waals surface area contributed by atoms with Crippen LogP contribution in [0.3, 0.4) is 0 Å². The van der Waals surface area contributed by atoms with Gasteiger partial charge in [-0.25, -0.2) is 9.13 Å². The van der Waals surface area contributed by atoms with Crippen LogP contribution >= 0.6 is 15.6 Å². The highest BCUT2D eigenvalue weighted by Gasteiger charge is 2.30. The van der Waals surface area contributed by atoms with Gasteiger partial charge in [-0.2, -0.15) is 0 Å². The van der Waals surface area contributed by atoms with Crippen LogP contribution in [0, 0.1) is 23.7 Å². The highest BCUT2D eigenvalue weighted by Crippen LogP contribution is 2.45. The van der Waals surface area contributed by atoms with Crippen LogP contribution in [0.1, 0.15) is 376 Å². The predicted octanol–water partition coefficient (Wildman–Crippen LogP) is 21.7. The molecular weight excluding hydrogens is 1230 g/mol. The molecule has 0 spiro atoms. The van der Waals surface area contributed by atoms with Crippen molar-refractivity contribution in [1.82, 2.24) is 0 Å². The molecule has 8 atom stereocenters. The van der Waals surface area contributed by atoms with Crippen LogP contribution in [0.2, 0.25) is 0 Å². The van der Waals surface area contributed by atoms with Gasteiger partial charge in [0, 0.05) is 25.7 Å². The molecule has 0 amide bonds. The van der Waals surface area contributed by atoms with Crippen molar-refractivity contribution in [3.63, 3.8) is 0 Å². The largest absolute Gasteiger partial charge is 0.472 e. The number of rotatable bonds is 72. The fourth-order valence-electron chi connectivity index (χ4n) is 11.3. The van der Waals surface area contributed by atoms with Gasteiger partial charge in [-0.3, -0.25) is 37.3 Å². The number of hydrogen-bond donors (Lipinski definition) is 3. The summed E-state index contributed by atoms with van der Waals surface area (Å²) in [4.78, 5) is 72.8. The van der Waals surface area contributed by atoms with Gasteiger partial charge >= 0.3 is 39.5 Å². The lowest BCUT2D eigenvalue weighted by molar-refractivity contribution is -0.161. The quantitative estimate of drug-likeness (QED) is 0.0222. The lowest BCUT2D eigenvalue weighted by Gasteiger charge is -2.21. The SMILES string of the molecule is CCC(C)CCCCCCCCCCCCCCCCC(=O)OC[C@H](COP(=O)(O)OC[C@@H](O)COP(=O)(O)OC[C@@H](COC(=O)CCCCCCCCC(C)CC)OC(=O)CCCCCCCCCCCC(C)C)OC(=O)CCCCCCCCCCCCC(C)CC. The summed E-state index contributed by atoms with van der Waals surface area (Å²) in [5.74, 6) is 0.996. The predicted molar refractivity (Wildman–Crippen MR) is 381 cm³/mol. The zero-order chi connectivity index (χ0) is 69.6. The molecule has 0 aliphatic heterocycles. The summed E-state index contributed by atoms with van der Waals surface area (Å²) in [6, 6.07) is 0. The van der Waals surface area contributed by atoms with Crippen LogP contribution in [0.5, 0.6) is 0 Å². The number of aliphatic hydroxyl groups is 1. The summed E-state index contributed by atoms with van der Waals surface area (Å²) in [5, 5.41) is 10.6. The maximum absolute atomic E-state index is 13.1. The van der Waals surface area contributed by atoms with Gasteiger partial charge in [-0.1, -0.05) is 325 Å². The van der Waals surface area contributed by atoms with Crippen molar-refractivity contribution in [3.8, 4) is 0 Å². The zero-order valence-corrected chi connectivity index (χ0v) is 63.4. The highest BCUT2D eigenvalue weighted by atomic mass is 31.2. The molecule has 0 aromatic carbocycles. The van der Waals surface area contributed by atoms with Crippen LogP contribution in [-0.2, 0) is 65.4 Å². The third-order valence-corrected chi connectivity index (χ3v) is 20.3. The summed E-state index contributed by atoms with van der Waals surface area (Å²) in [6.45, 7) is 14.2. The van der Waals surface area contributed by atoms with Gasteiger partial charge in [0.25, 0.3) is 0 Å². The van der Waals surface area contributed by atoms with Crippen molar-refractivity contribution in [3.05, 3.63) is 0 Å². The molecule has 0 aromatic heterocycles. The average molecular weight is 1380 g/mol. The first-order valence-electron chi connectivity index (χ1n) is 38.8. The third-order valence-electron chi connectivity index (χ3n) is 18.4. The van der Waals surface area contributed by atoms with E-state index in [1.54, 1.807) is 0 Å². The Morgan fingerprint density at radius 1 is 0.298 bits per heavy atom. The molecule has 0 heterocycles. The van der Waals surface area contributed by atoms with Gasteiger partial charge in [0.2, 0.25) is 0 Å². The Labute approximate surface area is 575 Å². The summed E-state index contributed by atoms with van der Waals surface area (Å²) in [6.07, 6.45) is 48.5. The summed E-state index contributed by atoms with van der Waals surface area (Å²) in [7, 11) is -9.91. The van der Waals surface area contributed by atoms with Crippen LogP contribution in [0.15, 0.2) is 0 Å². The second kappa shape index (κ2) is 64.4. The molecule has 94 heavy (non-hydrogen) atoms. The molecule has 17 nitrogen and oxygen atoms in total. The first kappa shape index (κ1) is 92.1. The minimum atomic E-state index is -4.96. The first-order valence-corrected chi connectivity index (χ1v) is 41.8. The lowest BCUT2D eigenvalue weighted by Crippen LogP contribution is -2.30. The topological polar surface area (TPSA) is 237 Å². The van der Waals surface area contributed by atoms with E-state index in [4.69, 9.17) is 37.0 Å². The maximum Gasteiger partial charge on any atom is 0.472 e. The number of aliphatic hydroxyl groups excluding tert-OH is 1. The Balaban J connectivity index is 5.25. The van der Waals surface area contributed by atoms with E-state index >= 15 is 0 Å². The monoisotopic (exact) mass is 1380 g/mol. The highest BCUT2D eigenvalue weighted by molar-refractivity contribution is 7.47. The number of hydrogen-bond acceptors (Lipinski definition) is 15. The number of unbranched alkanes of at least 4 members (excludes halogenated alkanes) is 35. The van der Waals surface area contributed by atoms with Crippen LogP contribution in [-0.4, -0.2) is 96.7 Å². The van der Waals surface area contributed by atoms with Crippen molar-refractivity contribution >= 4 is 39.5 Å². The minimum absolute atomic E-state index is 0.104. The van der Waals surface area contributed by atoms with E-state index in [2.05, 4.69) is 55.4 Å². The Morgan fingerprint density at radius 2 is 0.511 bits per heavy atom. The molecule has 0 radical (unpaired) electrons. The van der Waals surface area contributed by atoms with Crippen molar-refractivity contribution < 1.29 is 80.2 Å². The molecule has 0 aliphatic carbocycles. The van der Waals surface area contributed by atoms with Crippen LogP contribution in [0.4, 0.5) is 0 Å². The summed E-state index contributed by atoms with van der Waals surface area (Å²) in [5.41, 5.74) is 0. The molecule has 0 saturated carbocycles. The van der Waals surface area contributed by atoms with Gasteiger partial charge in [0.05, 0.1) is 26.4 Å². The van der Waals surface area contributed by atoms with Crippen molar-refractivity contribution in [2.45, 2.75) is 395 Å². The van der Waals surface area contributed by atoms with E-state index in [0.29, 0.717) is 25.7 Å². The third kappa shape index (κ3) is 64.7. The zero-order valence-electron chi connectivity index (χ0n) is 61.6. The van der Waals surface area contributed by atoms with Crippen molar-refractivity contribution in [2.75, 3.05) is 39.6 Å². The molecule has 0 aliphatic rings. The average Bonchev–Trinajstić information content (AvgIpc) is 1.55. The molecule has 0 bridgehead atoms. The van der Waals surface area contributed by atoms with E-state index in [-0.39, 0.29) is 25.7 Å². The lowest BCUT2D eigenvalue weighted by atomic mass is 9.99. The number of esters is 4. The van der Waals surface area contributed by atoms with Crippen molar-refractivity contribution in [2.24, 2.45) is 23.7 Å². The molecule has 19 heteroatoms. The normalized spacial score (nSPS) is 15.0. The number of carbonyl (C=O) groups is 4. The molecule has 3 N–H and O–H groups in total. The number of phosphoric acid groups is 2. The van der Waals surface area contributed by atoms with Crippen LogP contribution in [0.25, 0.3) is 0 Å². The first-order chi connectivity index (χ1) is 45.2. The van der Waals surface area contributed by atoms with Gasteiger partial charge in [-0.05, 0) is 49.4 Å². The number of ether oxygens (including phenoxy) is 4. The molecule has 558 valence electrons. The van der Waals surface area contributed by atoms with E-state index in [9.17, 15) is 43.2 Å². The van der Waals surface area contributed by atoms with Crippen LogP contribution < -0.4 is 0 Å². The van der Waals surface area contributed by atoms with E-state index in [1.807, 2.05) is 0 Å². The van der Waals surface area contributed by atoms with E-state index in [0.717, 1.165) is 120 Å². The molecule has 0 fully saturated rings. The second-order valence-electron chi connectivity index (χ2n) is 28.2. The van der Waals surface area contributed by atoms with Gasteiger partial charge in [0.1, 0.15) is 19.3 Å². The Morgan fingerprint density at radius 3 is 0.755 bits per heavy atom. The molecule has 0 saturated heterocycles. The van der Waals surface area contributed by atoms with Gasteiger partial charge in [-0.15, -0.1) is 0 Å². The number of carbonyl (C=O) groups excluding carboxylic acids is 4. The van der Waals surface area contributed by atoms with Gasteiger partial charge in [0.15, 0.2) is 12.2 Å². The minimum Gasteiger partial charge on any atom is -0.462 e. The summed E-state index contributed by atoms with van der Waals surface area (Å²) < 4.78 is 68.5. The second-order valence-corrected chi connectivity index (χ2v) is 31.1. The standard InChI is InChI=1S/C75H146O17P2/c1-9-66(6)52-44-36-28-22-16-14-12-13-15-17-24-30-39-47-55-72(77)85-61-70(91-74(79)57-49-41-31-25-19-18-23-29-37-45-53-67(7)10-2)63-89-93(81,82)87-59-69(76)60-88-94(83,84)90-64-71(62-86-73(78)56-48-40-34-33-38-46-54-68(8)11-3)92-75(80)58-50-42-32-26-20-21-27-35-43-51-65(4)5/h65-71,76H,9-64H2,1-8H3,(H,81,82)(H,83,84)/t66?,67?,68?,69-,70-,71-/m1/s1. The smallest absolute Gasteiger partial charge is 0.462 e. The fourth-order valence-corrected chi connectivity index (χ4v) is 12.9. The summed E-state index contributed by atoms with van der Waals surface area (Å²) >= 11 is 0. The van der Waals surface area contributed by atoms with Crippen molar-refractivity contribution in [1.29, 1.82) is 0 Å². The maximum atomic E-state index is 13.1. The van der Waals surface area contributed by atoms with E-state index < -0.39 is 97.5 Å². The Hall–Kier alpha value is -1.94. The Kier molecular flexibility index (Phi) is 63.1. The van der Waals surface area contributed by atoms with Gasteiger partial charge < -0.3 is 33.8 Å². The van der Waals surface area contributed by atoms with E-state index in [1.165, 1.54) is 173 Å². The molecule has 5 unspecified atom stereocenters. The Bertz CT molecular complexity index is 1860. The molecule has 0 rings (SSSR count). The fraction of sp³-hybridized carbons (Fsp3) is 0.947. The number of phosphoric ester groups is 2. The molecule has 0 aromatic rings.